The lowest BCUT2D eigenvalue weighted by Gasteiger charge is -2.08. The fourth-order valence-electron chi connectivity index (χ4n) is 2.47. The Labute approximate surface area is 144 Å². The van der Waals surface area contributed by atoms with Crippen molar-refractivity contribution in [3.05, 3.63) is 68.7 Å². The quantitative estimate of drug-likeness (QED) is 0.719. The summed E-state index contributed by atoms with van der Waals surface area (Å²) in [5.74, 6) is -0.235. The van der Waals surface area contributed by atoms with Crippen LogP contribution >= 0.6 is 12.2 Å². The molecule has 24 heavy (non-hydrogen) atoms. The third-order valence-electron chi connectivity index (χ3n) is 3.98. The van der Waals surface area contributed by atoms with Crippen molar-refractivity contribution < 1.29 is 4.79 Å². The molecule has 0 saturated carbocycles. The van der Waals surface area contributed by atoms with Crippen molar-refractivity contribution in [2.75, 3.05) is 5.32 Å². The maximum absolute atomic E-state index is 12.4. The predicted molar refractivity (Wildman–Crippen MR) is 98.1 cm³/mol. The summed E-state index contributed by atoms with van der Waals surface area (Å²) < 4.78 is 1.69. The van der Waals surface area contributed by atoms with Crippen LogP contribution in [0.2, 0.25) is 0 Å². The van der Waals surface area contributed by atoms with Gasteiger partial charge in [-0.2, -0.15) is 0 Å². The summed E-state index contributed by atoms with van der Waals surface area (Å²) in [5, 5.41) is 3.35. The average molecular weight is 339 g/mol. The van der Waals surface area contributed by atoms with Crippen LogP contribution in [0.25, 0.3) is 10.9 Å². The van der Waals surface area contributed by atoms with Crippen LogP contribution in [-0.4, -0.2) is 15.5 Å². The Morgan fingerprint density at radius 2 is 1.92 bits per heavy atom. The topological polar surface area (TPSA) is 66.9 Å². The molecule has 0 saturated heterocycles. The molecule has 0 aliphatic rings. The Morgan fingerprint density at radius 1 is 1.21 bits per heavy atom. The molecule has 1 amide bonds. The molecule has 0 fully saturated rings. The molecule has 0 aliphatic heterocycles. The first-order valence-electron chi connectivity index (χ1n) is 7.63. The molecular formula is C18H17N3O2S. The first kappa shape index (κ1) is 16.1. The van der Waals surface area contributed by atoms with Gasteiger partial charge >= 0.3 is 0 Å². The Bertz CT molecular complexity index is 1030. The van der Waals surface area contributed by atoms with Crippen LogP contribution in [0.1, 0.15) is 22.8 Å². The fraction of sp³-hybridized carbons (Fsp3) is 0.167. The van der Waals surface area contributed by atoms with E-state index in [1.807, 2.05) is 24.3 Å². The molecule has 0 radical (unpaired) electrons. The number of hydrogen-bond donors (Lipinski definition) is 2. The number of carbonyl (C=O) groups excluding carboxylic acids is 1. The van der Waals surface area contributed by atoms with Gasteiger partial charge in [0.1, 0.15) is 0 Å². The van der Waals surface area contributed by atoms with Crippen molar-refractivity contribution in [1.29, 1.82) is 0 Å². The van der Waals surface area contributed by atoms with Crippen LogP contribution in [0.4, 0.5) is 5.69 Å². The van der Waals surface area contributed by atoms with E-state index in [0.717, 1.165) is 12.1 Å². The number of aromatic nitrogens is 2. The number of anilines is 1. The van der Waals surface area contributed by atoms with Gasteiger partial charge in [0.2, 0.25) is 0 Å². The number of benzene rings is 2. The highest BCUT2D eigenvalue weighted by molar-refractivity contribution is 7.71. The number of aromatic amines is 1. The van der Waals surface area contributed by atoms with E-state index in [4.69, 9.17) is 12.2 Å². The van der Waals surface area contributed by atoms with Gasteiger partial charge in [0, 0.05) is 18.3 Å². The number of carbonyl (C=O) groups is 1. The number of H-pyrrole nitrogens is 1. The minimum Gasteiger partial charge on any atom is -0.332 e. The molecule has 5 nitrogen and oxygen atoms in total. The van der Waals surface area contributed by atoms with E-state index in [1.165, 1.54) is 10.1 Å². The minimum atomic E-state index is -0.235. The van der Waals surface area contributed by atoms with Gasteiger partial charge in [0.05, 0.1) is 10.9 Å². The molecular weight excluding hydrogens is 322 g/mol. The lowest BCUT2D eigenvalue weighted by atomic mass is 10.1. The van der Waals surface area contributed by atoms with E-state index in [1.54, 1.807) is 25.2 Å². The van der Waals surface area contributed by atoms with Gasteiger partial charge in [-0.1, -0.05) is 19.1 Å². The second-order valence-corrected chi connectivity index (χ2v) is 5.95. The average Bonchev–Trinajstić information content (AvgIpc) is 2.60. The number of amides is 1. The number of hydrogen-bond acceptors (Lipinski definition) is 3. The van der Waals surface area contributed by atoms with Crippen molar-refractivity contribution in [1.82, 2.24) is 9.55 Å². The minimum absolute atomic E-state index is 0.184. The summed E-state index contributed by atoms with van der Waals surface area (Å²) in [4.78, 5) is 27.5. The molecule has 2 aromatic carbocycles. The predicted octanol–water partition coefficient (Wildman–Crippen LogP) is 3.41. The number of aryl methyl sites for hydroxylation is 1. The Hall–Kier alpha value is -2.73. The van der Waals surface area contributed by atoms with E-state index in [0.29, 0.717) is 21.2 Å². The third-order valence-corrected chi connectivity index (χ3v) is 4.36. The molecule has 6 heteroatoms. The van der Waals surface area contributed by atoms with Gasteiger partial charge < -0.3 is 10.3 Å². The molecule has 1 aromatic heterocycles. The van der Waals surface area contributed by atoms with Gasteiger partial charge in [-0.15, -0.1) is 0 Å². The third kappa shape index (κ3) is 3.00. The van der Waals surface area contributed by atoms with Crippen LogP contribution in [-0.2, 0) is 13.5 Å². The van der Waals surface area contributed by atoms with Gasteiger partial charge in [0.15, 0.2) is 4.77 Å². The van der Waals surface area contributed by atoms with Gasteiger partial charge in [0.25, 0.3) is 11.5 Å². The first-order valence-corrected chi connectivity index (χ1v) is 8.04. The maximum atomic E-state index is 12.4. The van der Waals surface area contributed by atoms with E-state index in [2.05, 4.69) is 17.2 Å². The Balaban J connectivity index is 1.93. The van der Waals surface area contributed by atoms with Crippen LogP contribution in [0.3, 0.4) is 0 Å². The molecule has 0 atom stereocenters. The van der Waals surface area contributed by atoms with Crippen molar-refractivity contribution in [3.8, 4) is 0 Å². The second kappa shape index (κ2) is 6.41. The summed E-state index contributed by atoms with van der Waals surface area (Å²) in [7, 11) is 1.61. The van der Waals surface area contributed by atoms with Gasteiger partial charge in [-0.05, 0) is 54.5 Å². The Kier molecular flexibility index (Phi) is 4.31. The summed E-state index contributed by atoms with van der Waals surface area (Å²) in [6.07, 6.45) is 0.951. The SMILES string of the molecule is CCc1ccc(NC(=O)c2ccc3c(=O)n(C)c(=S)[nH]c3c2)cc1. The summed E-state index contributed by atoms with van der Waals surface area (Å²) in [5.41, 5.74) is 2.77. The molecule has 3 aromatic rings. The largest absolute Gasteiger partial charge is 0.332 e. The highest BCUT2D eigenvalue weighted by atomic mass is 32.1. The monoisotopic (exact) mass is 339 g/mol. The van der Waals surface area contributed by atoms with Crippen LogP contribution in [0, 0.1) is 4.77 Å². The second-order valence-electron chi connectivity index (χ2n) is 5.56. The molecule has 2 N–H and O–H groups in total. The maximum Gasteiger partial charge on any atom is 0.261 e. The first-order chi connectivity index (χ1) is 11.5. The molecule has 0 aliphatic carbocycles. The zero-order chi connectivity index (χ0) is 17.3. The zero-order valence-electron chi connectivity index (χ0n) is 13.4. The molecule has 0 bridgehead atoms. The van der Waals surface area contributed by atoms with E-state index < -0.39 is 0 Å². The summed E-state index contributed by atoms with van der Waals surface area (Å²) >= 11 is 5.11. The standard InChI is InChI=1S/C18H17N3O2S/c1-3-11-4-7-13(8-5-11)19-16(22)12-6-9-14-15(10-12)20-18(24)21(2)17(14)23/h4-10H,3H2,1-2H3,(H,19,22)(H,20,24). The van der Waals surface area contributed by atoms with Crippen LogP contribution in [0.5, 0.6) is 0 Å². The Morgan fingerprint density at radius 3 is 2.58 bits per heavy atom. The van der Waals surface area contributed by atoms with Crippen molar-refractivity contribution >= 4 is 34.7 Å². The molecule has 0 unspecified atom stereocenters. The van der Waals surface area contributed by atoms with Crippen LogP contribution in [0.15, 0.2) is 47.3 Å². The fourth-order valence-corrected chi connectivity index (χ4v) is 2.67. The number of nitrogens with zero attached hydrogens (tertiary/aromatic N) is 1. The lowest BCUT2D eigenvalue weighted by Crippen LogP contribution is -2.19. The van der Waals surface area contributed by atoms with E-state index >= 15 is 0 Å². The number of nitrogens with one attached hydrogen (secondary N) is 2. The lowest BCUT2D eigenvalue weighted by molar-refractivity contribution is 0.102. The van der Waals surface area contributed by atoms with Gasteiger partial charge in [-0.3, -0.25) is 14.2 Å². The van der Waals surface area contributed by atoms with Crippen LogP contribution < -0.4 is 10.9 Å². The highest BCUT2D eigenvalue weighted by Gasteiger charge is 2.09. The zero-order valence-corrected chi connectivity index (χ0v) is 14.2. The molecule has 122 valence electrons. The molecule has 3 rings (SSSR count). The molecule has 1 heterocycles. The van der Waals surface area contributed by atoms with E-state index in [9.17, 15) is 9.59 Å². The highest BCUT2D eigenvalue weighted by Crippen LogP contribution is 2.14. The summed E-state index contributed by atoms with van der Waals surface area (Å²) in [6, 6.07) is 12.6. The normalized spacial score (nSPS) is 10.8. The number of rotatable bonds is 3. The van der Waals surface area contributed by atoms with Crippen molar-refractivity contribution in [2.24, 2.45) is 7.05 Å². The smallest absolute Gasteiger partial charge is 0.261 e. The van der Waals surface area contributed by atoms with E-state index in [-0.39, 0.29) is 11.5 Å². The van der Waals surface area contributed by atoms with Crippen molar-refractivity contribution in [3.63, 3.8) is 0 Å². The van der Waals surface area contributed by atoms with Gasteiger partial charge in [-0.25, -0.2) is 0 Å². The van der Waals surface area contributed by atoms with Crippen molar-refractivity contribution in [2.45, 2.75) is 13.3 Å². The number of fused-ring (bicyclic) bond motifs is 1. The molecule has 0 spiro atoms. The summed E-state index contributed by atoms with van der Waals surface area (Å²) in [6.45, 7) is 2.08.